The Morgan fingerprint density at radius 3 is 2.73 bits per heavy atom. The van der Waals surface area contributed by atoms with Crippen LogP contribution >= 0.6 is 0 Å². The number of hydrogen-bond acceptors (Lipinski definition) is 1. The van der Waals surface area contributed by atoms with Gasteiger partial charge in [-0.3, -0.25) is 0 Å². The fourth-order valence-corrected chi connectivity index (χ4v) is 2.33. The van der Waals surface area contributed by atoms with Crippen LogP contribution in [0.1, 0.15) is 25.3 Å². The van der Waals surface area contributed by atoms with Gasteiger partial charge in [-0.2, -0.15) is 0 Å². The number of alkyl halides is 1. The summed E-state index contributed by atoms with van der Waals surface area (Å²) in [4.78, 5) is 0. The van der Waals surface area contributed by atoms with Gasteiger partial charge in [-0.15, -0.1) is 0 Å². The standard InChI is InChI=1S/C13H18FN/c1-13(14,9-11-7-8-15-10-11)12-5-3-2-4-6-12/h2-6,11,15H,7-10H2,1H3. The average molecular weight is 207 g/mol. The molecule has 2 heteroatoms. The zero-order chi connectivity index (χ0) is 10.7. The molecule has 0 aromatic heterocycles. The van der Waals surface area contributed by atoms with Gasteiger partial charge in [-0.05, 0) is 44.3 Å². The van der Waals surface area contributed by atoms with Crippen molar-refractivity contribution in [3.8, 4) is 0 Å². The molecule has 0 aliphatic carbocycles. The van der Waals surface area contributed by atoms with Crippen LogP contribution in [0, 0.1) is 5.92 Å². The third-order valence-electron chi connectivity index (χ3n) is 3.21. The zero-order valence-electron chi connectivity index (χ0n) is 9.17. The predicted octanol–water partition coefficient (Wildman–Crippen LogP) is 2.87. The zero-order valence-corrected chi connectivity index (χ0v) is 9.17. The maximum Gasteiger partial charge on any atom is 0.133 e. The quantitative estimate of drug-likeness (QED) is 0.803. The molecule has 15 heavy (non-hydrogen) atoms. The van der Waals surface area contributed by atoms with Gasteiger partial charge in [0.1, 0.15) is 5.67 Å². The van der Waals surface area contributed by atoms with Crippen LogP contribution in [-0.2, 0) is 5.67 Å². The Labute approximate surface area is 90.7 Å². The highest BCUT2D eigenvalue weighted by Crippen LogP contribution is 2.34. The lowest BCUT2D eigenvalue weighted by Crippen LogP contribution is -2.21. The largest absolute Gasteiger partial charge is 0.316 e. The first-order valence-electron chi connectivity index (χ1n) is 5.64. The molecule has 1 fully saturated rings. The van der Waals surface area contributed by atoms with Gasteiger partial charge >= 0.3 is 0 Å². The molecule has 0 amide bonds. The van der Waals surface area contributed by atoms with Gasteiger partial charge in [-0.25, -0.2) is 4.39 Å². The predicted molar refractivity (Wildman–Crippen MR) is 60.5 cm³/mol. The van der Waals surface area contributed by atoms with Crippen LogP contribution in [0.4, 0.5) is 4.39 Å². The van der Waals surface area contributed by atoms with E-state index >= 15 is 0 Å². The minimum Gasteiger partial charge on any atom is -0.316 e. The Morgan fingerprint density at radius 2 is 2.13 bits per heavy atom. The van der Waals surface area contributed by atoms with Gasteiger partial charge in [0.05, 0.1) is 0 Å². The molecule has 82 valence electrons. The van der Waals surface area contributed by atoms with Crippen LogP contribution in [0.15, 0.2) is 30.3 Å². The molecule has 0 spiro atoms. The number of benzene rings is 1. The van der Waals surface area contributed by atoms with Crippen LogP contribution in [-0.4, -0.2) is 13.1 Å². The third-order valence-corrected chi connectivity index (χ3v) is 3.21. The molecule has 0 saturated carbocycles. The first kappa shape index (κ1) is 10.6. The summed E-state index contributed by atoms with van der Waals surface area (Å²) in [7, 11) is 0. The van der Waals surface area contributed by atoms with Crippen molar-refractivity contribution in [2.24, 2.45) is 5.92 Å². The molecule has 1 aliphatic rings. The van der Waals surface area contributed by atoms with E-state index in [-0.39, 0.29) is 0 Å². The molecule has 1 aliphatic heterocycles. The third kappa shape index (κ3) is 2.57. The van der Waals surface area contributed by atoms with Crippen molar-refractivity contribution in [1.82, 2.24) is 5.32 Å². The lowest BCUT2D eigenvalue weighted by Gasteiger charge is -2.24. The van der Waals surface area contributed by atoms with Gasteiger partial charge in [0.2, 0.25) is 0 Å². The van der Waals surface area contributed by atoms with Gasteiger partial charge < -0.3 is 5.32 Å². The highest BCUT2D eigenvalue weighted by molar-refractivity contribution is 5.21. The fraction of sp³-hybridized carbons (Fsp3) is 0.538. The van der Waals surface area contributed by atoms with Crippen LogP contribution in [0.5, 0.6) is 0 Å². The summed E-state index contributed by atoms with van der Waals surface area (Å²) in [5, 5.41) is 3.28. The molecule has 2 unspecified atom stereocenters. The Morgan fingerprint density at radius 1 is 1.40 bits per heavy atom. The summed E-state index contributed by atoms with van der Waals surface area (Å²) in [6.45, 7) is 3.70. The first-order chi connectivity index (χ1) is 7.18. The van der Waals surface area contributed by atoms with Crippen molar-refractivity contribution in [2.45, 2.75) is 25.4 Å². The van der Waals surface area contributed by atoms with Crippen molar-refractivity contribution in [2.75, 3.05) is 13.1 Å². The van der Waals surface area contributed by atoms with E-state index in [4.69, 9.17) is 0 Å². The van der Waals surface area contributed by atoms with E-state index in [0.717, 1.165) is 25.1 Å². The van der Waals surface area contributed by atoms with Gasteiger partial charge in [0, 0.05) is 0 Å². The Kier molecular flexibility index (Phi) is 3.06. The highest BCUT2D eigenvalue weighted by Gasteiger charge is 2.30. The molecule has 2 atom stereocenters. The maximum absolute atomic E-state index is 14.4. The molecule has 1 heterocycles. The number of halogens is 1. The van der Waals surface area contributed by atoms with E-state index in [9.17, 15) is 4.39 Å². The Hall–Kier alpha value is -0.890. The minimum absolute atomic E-state index is 0.486. The summed E-state index contributed by atoms with van der Waals surface area (Å²) >= 11 is 0. The van der Waals surface area contributed by atoms with Crippen LogP contribution in [0.3, 0.4) is 0 Å². The van der Waals surface area contributed by atoms with Crippen molar-refractivity contribution in [3.63, 3.8) is 0 Å². The smallest absolute Gasteiger partial charge is 0.133 e. The molecule has 1 nitrogen and oxygen atoms in total. The molecule has 1 aromatic carbocycles. The summed E-state index contributed by atoms with van der Waals surface area (Å²) in [6.07, 6.45) is 1.73. The van der Waals surface area contributed by atoms with Crippen molar-refractivity contribution in [1.29, 1.82) is 0 Å². The monoisotopic (exact) mass is 207 g/mol. The van der Waals surface area contributed by atoms with Crippen molar-refractivity contribution in [3.05, 3.63) is 35.9 Å². The normalized spacial score (nSPS) is 25.1. The Bertz CT molecular complexity index is 302. The SMILES string of the molecule is CC(F)(CC1CCNC1)c1ccccc1. The molecule has 0 radical (unpaired) electrons. The first-order valence-corrected chi connectivity index (χ1v) is 5.64. The van der Waals surface area contributed by atoms with Crippen LogP contribution in [0.2, 0.25) is 0 Å². The number of nitrogens with one attached hydrogen (secondary N) is 1. The molecular formula is C13H18FN. The van der Waals surface area contributed by atoms with Gasteiger partial charge in [-0.1, -0.05) is 30.3 Å². The van der Waals surface area contributed by atoms with E-state index in [1.54, 1.807) is 6.92 Å². The number of rotatable bonds is 3. The highest BCUT2D eigenvalue weighted by atomic mass is 19.1. The second kappa shape index (κ2) is 4.31. The Balaban J connectivity index is 2.05. The maximum atomic E-state index is 14.4. The van der Waals surface area contributed by atoms with E-state index in [1.165, 1.54) is 0 Å². The van der Waals surface area contributed by atoms with Crippen molar-refractivity contribution >= 4 is 0 Å². The molecule has 2 rings (SSSR count). The van der Waals surface area contributed by atoms with E-state index < -0.39 is 5.67 Å². The summed E-state index contributed by atoms with van der Waals surface area (Å²) in [5.74, 6) is 0.486. The fourth-order valence-electron chi connectivity index (χ4n) is 2.33. The number of hydrogen-bond donors (Lipinski definition) is 1. The van der Waals surface area contributed by atoms with Crippen LogP contribution < -0.4 is 5.32 Å². The summed E-state index contributed by atoms with van der Waals surface area (Å²) in [6, 6.07) is 9.49. The lowest BCUT2D eigenvalue weighted by molar-refractivity contribution is 0.150. The molecule has 0 bridgehead atoms. The van der Waals surface area contributed by atoms with E-state index in [1.807, 2.05) is 30.3 Å². The van der Waals surface area contributed by atoms with Crippen LogP contribution in [0.25, 0.3) is 0 Å². The lowest BCUT2D eigenvalue weighted by atomic mass is 9.87. The van der Waals surface area contributed by atoms with Gasteiger partial charge in [0.15, 0.2) is 0 Å². The van der Waals surface area contributed by atoms with E-state index in [0.29, 0.717) is 12.3 Å². The summed E-state index contributed by atoms with van der Waals surface area (Å²) < 4.78 is 14.4. The molecule has 1 N–H and O–H groups in total. The topological polar surface area (TPSA) is 12.0 Å². The van der Waals surface area contributed by atoms with Gasteiger partial charge in [0.25, 0.3) is 0 Å². The summed E-state index contributed by atoms with van der Waals surface area (Å²) in [5.41, 5.74) is -0.380. The second-order valence-electron chi connectivity index (χ2n) is 4.63. The molecule has 1 saturated heterocycles. The average Bonchev–Trinajstić information content (AvgIpc) is 2.71. The minimum atomic E-state index is -1.18. The molecular weight excluding hydrogens is 189 g/mol. The van der Waals surface area contributed by atoms with E-state index in [2.05, 4.69) is 5.32 Å². The second-order valence-corrected chi connectivity index (χ2v) is 4.63. The molecule has 1 aromatic rings. The van der Waals surface area contributed by atoms with Crippen molar-refractivity contribution < 1.29 is 4.39 Å².